The molecule has 0 heterocycles. The highest BCUT2D eigenvalue weighted by atomic mass is 127. The zero-order valence-electron chi connectivity index (χ0n) is 17.0. The summed E-state index contributed by atoms with van der Waals surface area (Å²) in [6.07, 6.45) is 0. The number of aliphatic imine (C=N–C) groups is 1. The van der Waals surface area contributed by atoms with Crippen LogP contribution in [0.15, 0.2) is 41.4 Å². The van der Waals surface area contributed by atoms with Crippen LogP contribution in [0.2, 0.25) is 0 Å². The second-order valence-corrected chi connectivity index (χ2v) is 6.19. The van der Waals surface area contributed by atoms with Crippen LogP contribution in [-0.2, 0) is 13.1 Å². The van der Waals surface area contributed by atoms with Gasteiger partial charge in [-0.05, 0) is 48.7 Å². The monoisotopic (exact) mass is 517 g/mol. The third-order valence-electron chi connectivity index (χ3n) is 4.04. The molecule has 0 radical (unpaired) electrons. The molecule has 0 aliphatic carbocycles. The summed E-state index contributed by atoms with van der Waals surface area (Å²) in [7, 11) is 1.57. The molecule has 0 aromatic heterocycles. The minimum Gasteiger partial charge on any atom is -0.493 e. The van der Waals surface area contributed by atoms with E-state index in [1.165, 1.54) is 6.07 Å². The van der Waals surface area contributed by atoms with Crippen molar-refractivity contribution in [2.45, 2.75) is 26.9 Å². The van der Waals surface area contributed by atoms with E-state index in [4.69, 9.17) is 14.6 Å². The molecule has 8 heteroatoms. The third-order valence-corrected chi connectivity index (χ3v) is 4.04. The van der Waals surface area contributed by atoms with Crippen LogP contribution in [0.25, 0.3) is 0 Å². The molecule has 0 bridgehead atoms. The van der Waals surface area contributed by atoms with Gasteiger partial charge in [0.05, 0.1) is 20.3 Å². The van der Waals surface area contributed by atoms with Gasteiger partial charge in [0.1, 0.15) is 12.4 Å². The number of halogens is 2. The highest BCUT2D eigenvalue weighted by Gasteiger charge is 2.07. The van der Waals surface area contributed by atoms with Gasteiger partial charge in [0, 0.05) is 13.1 Å². The van der Waals surface area contributed by atoms with E-state index in [1.54, 1.807) is 20.1 Å². The summed E-state index contributed by atoms with van der Waals surface area (Å²) in [6, 6.07) is 10.7. The molecular formula is C21H29FIN3O3. The maximum atomic E-state index is 13.7. The Morgan fingerprint density at radius 2 is 1.86 bits per heavy atom. The van der Waals surface area contributed by atoms with Gasteiger partial charge in [-0.25, -0.2) is 9.38 Å². The number of aliphatic hydroxyl groups is 1. The number of methoxy groups -OCH3 is 1. The lowest BCUT2D eigenvalue weighted by Gasteiger charge is -2.14. The predicted molar refractivity (Wildman–Crippen MR) is 124 cm³/mol. The van der Waals surface area contributed by atoms with Gasteiger partial charge in [-0.15, -0.1) is 24.0 Å². The standard InChI is InChI=1S/C21H28FN3O3.HI/c1-4-23-21(24-13-16-6-5-15(2)18(22)11-16)25-14-17-7-8-19(28-10-9-26)20(12-17)27-3;/h5-8,11-12,26H,4,9-10,13-14H2,1-3H3,(H2,23,24,25);1H. The molecule has 0 fully saturated rings. The number of nitrogens with zero attached hydrogens (tertiary/aromatic N) is 1. The summed E-state index contributed by atoms with van der Waals surface area (Å²) >= 11 is 0. The van der Waals surface area contributed by atoms with Crippen LogP contribution in [0.3, 0.4) is 0 Å². The van der Waals surface area contributed by atoms with E-state index >= 15 is 0 Å². The van der Waals surface area contributed by atoms with Crippen LogP contribution in [0.4, 0.5) is 4.39 Å². The molecule has 2 rings (SSSR count). The Morgan fingerprint density at radius 1 is 1.10 bits per heavy atom. The fourth-order valence-electron chi connectivity index (χ4n) is 2.53. The van der Waals surface area contributed by atoms with E-state index < -0.39 is 0 Å². The highest BCUT2D eigenvalue weighted by molar-refractivity contribution is 14.0. The van der Waals surface area contributed by atoms with Gasteiger partial charge in [-0.3, -0.25) is 0 Å². The topological polar surface area (TPSA) is 75.1 Å². The molecule has 0 spiro atoms. The van der Waals surface area contributed by atoms with Crippen LogP contribution >= 0.6 is 24.0 Å². The first-order valence-corrected chi connectivity index (χ1v) is 9.25. The summed E-state index contributed by atoms with van der Waals surface area (Å²) < 4.78 is 24.5. The number of aliphatic hydroxyl groups excluding tert-OH is 1. The minimum absolute atomic E-state index is 0. The molecule has 0 atom stereocenters. The predicted octanol–water partition coefficient (Wildman–Crippen LogP) is 3.39. The molecule has 160 valence electrons. The zero-order valence-corrected chi connectivity index (χ0v) is 19.3. The van der Waals surface area contributed by atoms with E-state index in [2.05, 4.69) is 15.6 Å². The molecule has 2 aromatic rings. The van der Waals surface area contributed by atoms with E-state index in [0.717, 1.165) is 11.1 Å². The van der Waals surface area contributed by atoms with Crippen LogP contribution < -0.4 is 20.1 Å². The van der Waals surface area contributed by atoms with Gasteiger partial charge in [0.15, 0.2) is 17.5 Å². The fourth-order valence-corrected chi connectivity index (χ4v) is 2.53. The number of guanidine groups is 1. The van der Waals surface area contributed by atoms with Crippen molar-refractivity contribution in [2.24, 2.45) is 4.99 Å². The lowest BCUT2D eigenvalue weighted by Crippen LogP contribution is -2.36. The van der Waals surface area contributed by atoms with Gasteiger partial charge in [-0.2, -0.15) is 0 Å². The average Bonchev–Trinajstić information content (AvgIpc) is 2.71. The number of benzene rings is 2. The van der Waals surface area contributed by atoms with Gasteiger partial charge >= 0.3 is 0 Å². The summed E-state index contributed by atoms with van der Waals surface area (Å²) in [6.45, 7) is 5.51. The van der Waals surface area contributed by atoms with Crippen LogP contribution in [0.5, 0.6) is 11.5 Å². The average molecular weight is 517 g/mol. The van der Waals surface area contributed by atoms with Crippen molar-refractivity contribution < 1.29 is 19.0 Å². The second kappa shape index (κ2) is 13.2. The Hall–Kier alpha value is -2.07. The number of ether oxygens (including phenoxy) is 2. The molecule has 3 N–H and O–H groups in total. The van der Waals surface area contributed by atoms with E-state index in [-0.39, 0.29) is 43.0 Å². The molecule has 0 aliphatic heterocycles. The van der Waals surface area contributed by atoms with Crippen LogP contribution in [0.1, 0.15) is 23.6 Å². The van der Waals surface area contributed by atoms with Crippen molar-refractivity contribution in [3.8, 4) is 11.5 Å². The van der Waals surface area contributed by atoms with Gasteiger partial charge < -0.3 is 25.2 Å². The lowest BCUT2D eigenvalue weighted by molar-refractivity contribution is 0.196. The van der Waals surface area contributed by atoms with Gasteiger partial charge in [-0.1, -0.05) is 18.2 Å². The molecule has 29 heavy (non-hydrogen) atoms. The summed E-state index contributed by atoms with van der Waals surface area (Å²) in [4.78, 5) is 4.51. The maximum absolute atomic E-state index is 13.7. The number of hydrogen-bond acceptors (Lipinski definition) is 4. The Labute approximate surface area is 188 Å². The van der Waals surface area contributed by atoms with Crippen LogP contribution in [0, 0.1) is 12.7 Å². The van der Waals surface area contributed by atoms with Gasteiger partial charge in [0.25, 0.3) is 0 Å². The molecular weight excluding hydrogens is 488 g/mol. The minimum atomic E-state index is -0.221. The number of nitrogens with one attached hydrogen (secondary N) is 2. The quantitative estimate of drug-likeness (QED) is 0.270. The summed E-state index contributed by atoms with van der Waals surface area (Å²) in [5.74, 6) is 1.61. The molecule has 0 saturated heterocycles. The van der Waals surface area contributed by atoms with Crippen molar-refractivity contribution in [3.63, 3.8) is 0 Å². The molecule has 0 amide bonds. The Kier molecular flexibility index (Phi) is 11.4. The molecule has 2 aromatic carbocycles. The first-order chi connectivity index (χ1) is 13.6. The Balaban J connectivity index is 0.00000420. The summed E-state index contributed by atoms with van der Waals surface area (Å²) in [5, 5.41) is 15.3. The first kappa shape index (κ1) is 25.0. The SMILES string of the molecule is CCNC(=NCc1ccc(C)c(F)c1)NCc1ccc(OCCO)c(OC)c1.I. The van der Waals surface area contributed by atoms with E-state index in [1.807, 2.05) is 31.2 Å². The van der Waals surface area contributed by atoms with Crippen molar-refractivity contribution in [3.05, 3.63) is 58.9 Å². The smallest absolute Gasteiger partial charge is 0.191 e. The van der Waals surface area contributed by atoms with Crippen LogP contribution in [-0.4, -0.2) is 37.9 Å². The number of rotatable bonds is 9. The maximum Gasteiger partial charge on any atom is 0.191 e. The molecule has 0 unspecified atom stereocenters. The largest absolute Gasteiger partial charge is 0.493 e. The molecule has 0 aliphatic rings. The number of hydrogen-bond donors (Lipinski definition) is 3. The number of aryl methyl sites for hydroxylation is 1. The van der Waals surface area contributed by atoms with Crippen molar-refractivity contribution in [1.29, 1.82) is 0 Å². The Morgan fingerprint density at radius 3 is 2.52 bits per heavy atom. The van der Waals surface area contributed by atoms with Gasteiger partial charge in [0.2, 0.25) is 0 Å². The highest BCUT2D eigenvalue weighted by Crippen LogP contribution is 2.27. The second-order valence-electron chi connectivity index (χ2n) is 6.19. The normalized spacial score (nSPS) is 10.9. The van der Waals surface area contributed by atoms with E-state index in [9.17, 15) is 4.39 Å². The Bertz CT molecular complexity index is 803. The zero-order chi connectivity index (χ0) is 20.4. The molecule has 0 saturated carbocycles. The third kappa shape index (κ3) is 8.06. The van der Waals surface area contributed by atoms with Crippen molar-refractivity contribution >= 4 is 29.9 Å². The molecule has 6 nitrogen and oxygen atoms in total. The fraction of sp³-hybridized carbons (Fsp3) is 0.381. The summed E-state index contributed by atoms with van der Waals surface area (Å²) in [5.41, 5.74) is 2.42. The van der Waals surface area contributed by atoms with Crippen molar-refractivity contribution in [2.75, 3.05) is 26.9 Å². The first-order valence-electron chi connectivity index (χ1n) is 9.25. The lowest BCUT2D eigenvalue weighted by atomic mass is 10.1. The van der Waals surface area contributed by atoms with Crippen molar-refractivity contribution in [1.82, 2.24) is 10.6 Å². The van der Waals surface area contributed by atoms with E-state index in [0.29, 0.717) is 42.7 Å².